The number of terminal acetylenes is 1. The van der Waals surface area contributed by atoms with Gasteiger partial charge in [0.15, 0.2) is 5.60 Å². The first-order valence-electron chi connectivity index (χ1n) is 5.55. The van der Waals surface area contributed by atoms with Gasteiger partial charge in [0, 0.05) is 0 Å². The summed E-state index contributed by atoms with van der Waals surface area (Å²) in [6.45, 7) is 4.76. The van der Waals surface area contributed by atoms with Crippen molar-refractivity contribution in [2.75, 3.05) is 6.61 Å². The lowest BCUT2D eigenvalue weighted by Crippen LogP contribution is -2.30. The van der Waals surface area contributed by atoms with Crippen LogP contribution in [0.25, 0.3) is 0 Å². The lowest BCUT2D eigenvalue weighted by Gasteiger charge is -2.20. The van der Waals surface area contributed by atoms with E-state index in [2.05, 4.69) is 5.92 Å². The molecule has 0 aliphatic heterocycles. The second-order valence-corrected chi connectivity index (χ2v) is 4.31. The molecule has 98 valence electrons. The Hall–Kier alpha value is -2.01. The number of ether oxygens (including phenoxy) is 2. The van der Waals surface area contributed by atoms with Crippen LogP contribution in [0.2, 0.25) is 0 Å². The van der Waals surface area contributed by atoms with E-state index in [1.807, 2.05) is 6.07 Å². The second-order valence-electron chi connectivity index (χ2n) is 4.31. The second kappa shape index (κ2) is 7.34. The monoisotopic (exact) mass is 251 g/mol. The minimum Gasteiger partial charge on any atom is -0.465 e. The van der Waals surface area contributed by atoms with Crippen LogP contribution in [0.1, 0.15) is 33.6 Å². The van der Waals surface area contributed by atoms with E-state index in [9.17, 15) is 9.59 Å². The van der Waals surface area contributed by atoms with Gasteiger partial charge in [-0.3, -0.25) is 9.59 Å². The van der Waals surface area contributed by atoms with Crippen molar-refractivity contribution in [2.24, 2.45) is 5.92 Å². The maximum absolute atomic E-state index is 11.6. The highest BCUT2D eigenvalue weighted by Gasteiger charge is 2.25. The quantitative estimate of drug-likeness (QED) is 0.405. The maximum atomic E-state index is 11.6. The fraction of sp³-hybridized carbons (Fsp3) is 0.615. The van der Waals surface area contributed by atoms with Crippen LogP contribution in [0.15, 0.2) is 0 Å². The zero-order valence-electron chi connectivity index (χ0n) is 10.9. The highest BCUT2D eigenvalue weighted by Crippen LogP contribution is 2.13. The van der Waals surface area contributed by atoms with Crippen molar-refractivity contribution in [3.63, 3.8) is 0 Å². The summed E-state index contributed by atoms with van der Waals surface area (Å²) in [5.41, 5.74) is -0.990. The molecule has 0 aromatic rings. The molecule has 0 aromatic carbocycles. The van der Waals surface area contributed by atoms with E-state index in [1.54, 1.807) is 20.8 Å². The highest BCUT2D eigenvalue weighted by molar-refractivity contribution is 5.80. The van der Waals surface area contributed by atoms with Gasteiger partial charge in [-0.25, -0.2) is 0 Å². The summed E-state index contributed by atoms with van der Waals surface area (Å²) in [4.78, 5) is 22.9. The number of carbonyl (C=O) groups excluding carboxylic acids is 2. The number of esters is 2. The summed E-state index contributed by atoms with van der Waals surface area (Å²) in [6, 6.07) is 1.85. The average Bonchev–Trinajstić information content (AvgIpc) is 2.28. The lowest BCUT2D eigenvalue weighted by atomic mass is 10.1. The molecular formula is C13H17NO4. The van der Waals surface area contributed by atoms with E-state index in [-0.39, 0.29) is 19.4 Å². The van der Waals surface area contributed by atoms with Crippen LogP contribution >= 0.6 is 0 Å². The maximum Gasteiger partial charge on any atom is 0.310 e. The molecule has 1 unspecified atom stereocenters. The predicted molar refractivity (Wildman–Crippen MR) is 64.0 cm³/mol. The van der Waals surface area contributed by atoms with Crippen molar-refractivity contribution in [1.82, 2.24) is 0 Å². The SMILES string of the molecule is C#CC(C)(C)OC(=O)C(C)CC(=O)OCCC#N. The van der Waals surface area contributed by atoms with Crippen LogP contribution in [0.5, 0.6) is 0 Å². The number of nitrogens with zero attached hydrogens (tertiary/aromatic N) is 1. The summed E-state index contributed by atoms with van der Waals surface area (Å²) in [7, 11) is 0. The van der Waals surface area contributed by atoms with Crippen molar-refractivity contribution in [3.8, 4) is 18.4 Å². The molecule has 0 amide bonds. The van der Waals surface area contributed by atoms with E-state index in [0.29, 0.717) is 0 Å². The lowest BCUT2D eigenvalue weighted by molar-refractivity contribution is -0.160. The van der Waals surface area contributed by atoms with Crippen LogP contribution in [0.4, 0.5) is 0 Å². The van der Waals surface area contributed by atoms with Gasteiger partial charge in [-0.15, -0.1) is 6.42 Å². The molecular weight excluding hydrogens is 234 g/mol. The number of carbonyl (C=O) groups is 2. The Labute approximate surface area is 107 Å². The molecule has 0 aliphatic carbocycles. The van der Waals surface area contributed by atoms with Gasteiger partial charge < -0.3 is 9.47 Å². The van der Waals surface area contributed by atoms with Crippen molar-refractivity contribution in [1.29, 1.82) is 5.26 Å². The highest BCUT2D eigenvalue weighted by atomic mass is 16.6. The summed E-state index contributed by atoms with van der Waals surface area (Å²) >= 11 is 0. The Morgan fingerprint density at radius 3 is 2.56 bits per heavy atom. The van der Waals surface area contributed by atoms with E-state index in [0.717, 1.165) is 0 Å². The average molecular weight is 251 g/mol. The normalized spacial score (nSPS) is 11.8. The molecule has 0 rings (SSSR count). The number of rotatable bonds is 6. The molecule has 0 radical (unpaired) electrons. The van der Waals surface area contributed by atoms with Crippen LogP contribution in [0.3, 0.4) is 0 Å². The molecule has 0 heterocycles. The van der Waals surface area contributed by atoms with Crippen LogP contribution < -0.4 is 0 Å². The van der Waals surface area contributed by atoms with E-state index >= 15 is 0 Å². The summed E-state index contributed by atoms with van der Waals surface area (Å²) in [5, 5.41) is 8.27. The molecule has 0 aliphatic rings. The fourth-order valence-corrected chi connectivity index (χ4v) is 0.984. The topological polar surface area (TPSA) is 76.4 Å². The van der Waals surface area contributed by atoms with Gasteiger partial charge in [-0.2, -0.15) is 5.26 Å². The van der Waals surface area contributed by atoms with Crippen LogP contribution in [-0.4, -0.2) is 24.1 Å². The Balaban J connectivity index is 4.14. The van der Waals surface area contributed by atoms with Crippen molar-refractivity contribution in [2.45, 2.75) is 39.2 Å². The summed E-state index contributed by atoms with van der Waals surface area (Å²) in [6.07, 6.45) is 5.23. The molecule has 0 N–H and O–H groups in total. The zero-order valence-corrected chi connectivity index (χ0v) is 10.9. The van der Waals surface area contributed by atoms with Crippen LogP contribution in [-0.2, 0) is 19.1 Å². The number of nitriles is 1. The Bertz CT molecular complexity index is 387. The number of hydrogen-bond donors (Lipinski definition) is 0. The van der Waals surface area contributed by atoms with Gasteiger partial charge in [-0.05, 0) is 13.8 Å². The third-order valence-corrected chi connectivity index (χ3v) is 2.06. The first-order valence-corrected chi connectivity index (χ1v) is 5.55. The largest absolute Gasteiger partial charge is 0.465 e. The van der Waals surface area contributed by atoms with Crippen molar-refractivity contribution in [3.05, 3.63) is 0 Å². The van der Waals surface area contributed by atoms with E-state index in [1.165, 1.54) is 0 Å². The fourth-order valence-electron chi connectivity index (χ4n) is 0.984. The molecule has 5 nitrogen and oxygen atoms in total. The molecule has 1 atom stereocenters. The van der Waals surface area contributed by atoms with Gasteiger partial charge >= 0.3 is 11.9 Å². The summed E-state index contributed by atoms with van der Waals surface area (Å²) < 4.78 is 9.79. The van der Waals surface area contributed by atoms with Gasteiger partial charge in [-0.1, -0.05) is 12.8 Å². The van der Waals surface area contributed by atoms with E-state index in [4.69, 9.17) is 21.2 Å². The molecule has 0 fully saturated rings. The van der Waals surface area contributed by atoms with E-state index < -0.39 is 23.5 Å². The molecule has 0 spiro atoms. The minimum absolute atomic E-state index is 0.0347. The van der Waals surface area contributed by atoms with Crippen LogP contribution in [0, 0.1) is 29.6 Å². The Morgan fingerprint density at radius 2 is 2.06 bits per heavy atom. The standard InChI is InChI=1S/C13H17NO4/c1-5-13(3,4)18-12(16)10(2)9-11(15)17-8-6-7-14/h1,10H,6,8-9H2,2-4H3. The zero-order chi connectivity index (χ0) is 14.2. The first kappa shape index (κ1) is 16.0. The molecule has 0 aromatic heterocycles. The molecule has 18 heavy (non-hydrogen) atoms. The van der Waals surface area contributed by atoms with Gasteiger partial charge in [0.25, 0.3) is 0 Å². The van der Waals surface area contributed by atoms with Gasteiger partial charge in [0.2, 0.25) is 0 Å². The Kier molecular flexibility index (Phi) is 6.52. The first-order chi connectivity index (χ1) is 8.32. The third-order valence-electron chi connectivity index (χ3n) is 2.06. The molecule has 0 bridgehead atoms. The van der Waals surface area contributed by atoms with Crippen molar-refractivity contribution >= 4 is 11.9 Å². The van der Waals surface area contributed by atoms with Gasteiger partial charge in [0.05, 0.1) is 24.8 Å². The molecule has 5 heteroatoms. The van der Waals surface area contributed by atoms with Gasteiger partial charge in [0.1, 0.15) is 6.61 Å². The number of hydrogen-bond acceptors (Lipinski definition) is 5. The molecule has 0 saturated heterocycles. The smallest absolute Gasteiger partial charge is 0.310 e. The third kappa shape index (κ3) is 6.55. The predicted octanol–water partition coefficient (Wildman–Crippen LogP) is 1.42. The minimum atomic E-state index is -0.990. The van der Waals surface area contributed by atoms with Crippen molar-refractivity contribution < 1.29 is 19.1 Å². The Morgan fingerprint density at radius 1 is 1.44 bits per heavy atom. The summed E-state index contributed by atoms with van der Waals surface area (Å²) in [5.74, 6) is 0.615. The molecule has 0 saturated carbocycles.